The van der Waals surface area contributed by atoms with Crippen LogP contribution in [-0.2, 0) is 6.42 Å². The van der Waals surface area contributed by atoms with Gasteiger partial charge in [-0.1, -0.05) is 48.8 Å². The van der Waals surface area contributed by atoms with E-state index in [0.29, 0.717) is 5.95 Å². The third-order valence-electron chi connectivity index (χ3n) is 3.22. The van der Waals surface area contributed by atoms with Crippen molar-refractivity contribution in [2.75, 3.05) is 5.32 Å². The summed E-state index contributed by atoms with van der Waals surface area (Å²) in [7, 11) is 0. The summed E-state index contributed by atoms with van der Waals surface area (Å²) in [5, 5.41) is 15.0. The number of nitrogens with zero attached hydrogens (tertiary/aromatic N) is 4. The molecule has 0 atom stereocenters. The second kappa shape index (κ2) is 6.17. The van der Waals surface area contributed by atoms with Crippen molar-refractivity contribution in [1.29, 1.82) is 0 Å². The quantitative estimate of drug-likeness (QED) is 0.778. The van der Waals surface area contributed by atoms with Gasteiger partial charge in [0.15, 0.2) is 0 Å². The lowest BCUT2D eigenvalue weighted by Gasteiger charge is -2.07. The van der Waals surface area contributed by atoms with E-state index in [0.717, 1.165) is 24.2 Å². The number of rotatable bonds is 5. The molecular formula is C16H17N5. The molecule has 0 amide bonds. The van der Waals surface area contributed by atoms with Crippen molar-refractivity contribution in [3.8, 4) is 5.69 Å². The van der Waals surface area contributed by atoms with Gasteiger partial charge < -0.3 is 5.32 Å². The van der Waals surface area contributed by atoms with Crippen LogP contribution in [0.3, 0.4) is 0 Å². The Kier molecular flexibility index (Phi) is 3.91. The Balaban J connectivity index is 1.81. The van der Waals surface area contributed by atoms with Gasteiger partial charge in [0.25, 0.3) is 5.95 Å². The largest absolute Gasteiger partial charge is 0.323 e. The second-order valence-electron chi connectivity index (χ2n) is 4.82. The minimum absolute atomic E-state index is 0.601. The van der Waals surface area contributed by atoms with Gasteiger partial charge in [-0.2, -0.15) is 4.68 Å². The van der Waals surface area contributed by atoms with E-state index in [9.17, 15) is 0 Å². The first-order valence-electron chi connectivity index (χ1n) is 7.06. The Labute approximate surface area is 123 Å². The zero-order valence-electron chi connectivity index (χ0n) is 11.9. The Morgan fingerprint density at radius 3 is 2.48 bits per heavy atom. The highest BCUT2D eigenvalue weighted by Crippen LogP contribution is 2.17. The molecule has 0 saturated carbocycles. The average molecular weight is 279 g/mol. The summed E-state index contributed by atoms with van der Waals surface area (Å²) >= 11 is 0. The van der Waals surface area contributed by atoms with E-state index in [4.69, 9.17) is 0 Å². The van der Waals surface area contributed by atoms with E-state index < -0.39 is 0 Å². The summed E-state index contributed by atoms with van der Waals surface area (Å²) < 4.78 is 1.68. The fourth-order valence-electron chi connectivity index (χ4n) is 2.18. The maximum absolute atomic E-state index is 4.04. The summed E-state index contributed by atoms with van der Waals surface area (Å²) in [4.78, 5) is 0. The number of tetrazole rings is 1. The molecule has 5 heteroatoms. The number of para-hydroxylation sites is 1. The van der Waals surface area contributed by atoms with E-state index in [-0.39, 0.29) is 0 Å². The lowest BCUT2D eigenvalue weighted by atomic mass is 10.1. The molecular weight excluding hydrogens is 262 g/mol. The van der Waals surface area contributed by atoms with Gasteiger partial charge in [0, 0.05) is 5.69 Å². The van der Waals surface area contributed by atoms with Gasteiger partial charge in [0.1, 0.15) is 0 Å². The lowest BCUT2D eigenvalue weighted by molar-refractivity contribution is 0.791. The van der Waals surface area contributed by atoms with Gasteiger partial charge in [0.2, 0.25) is 0 Å². The highest BCUT2D eigenvalue weighted by molar-refractivity contribution is 5.55. The smallest absolute Gasteiger partial charge is 0.252 e. The van der Waals surface area contributed by atoms with E-state index in [1.807, 2.05) is 30.3 Å². The van der Waals surface area contributed by atoms with Crippen LogP contribution < -0.4 is 5.32 Å². The summed E-state index contributed by atoms with van der Waals surface area (Å²) in [6.45, 7) is 2.18. The second-order valence-corrected chi connectivity index (χ2v) is 4.82. The first kappa shape index (κ1) is 13.3. The predicted molar refractivity (Wildman–Crippen MR) is 82.9 cm³/mol. The summed E-state index contributed by atoms with van der Waals surface area (Å²) in [5.41, 5.74) is 3.24. The molecule has 2 aromatic carbocycles. The third-order valence-corrected chi connectivity index (χ3v) is 3.22. The number of benzene rings is 2. The fourth-order valence-corrected chi connectivity index (χ4v) is 2.18. The number of hydrogen-bond donors (Lipinski definition) is 1. The maximum Gasteiger partial charge on any atom is 0.252 e. The normalized spacial score (nSPS) is 10.5. The Morgan fingerprint density at radius 2 is 1.76 bits per heavy atom. The molecule has 0 spiro atoms. The molecule has 0 radical (unpaired) electrons. The van der Waals surface area contributed by atoms with E-state index in [1.165, 1.54) is 5.56 Å². The molecule has 1 aromatic heterocycles. The van der Waals surface area contributed by atoms with Crippen LogP contribution >= 0.6 is 0 Å². The first-order chi connectivity index (χ1) is 10.4. The van der Waals surface area contributed by atoms with Crippen LogP contribution in [0.2, 0.25) is 0 Å². The molecule has 3 rings (SSSR count). The van der Waals surface area contributed by atoms with Crippen LogP contribution in [0.1, 0.15) is 18.9 Å². The Hall–Kier alpha value is -2.69. The van der Waals surface area contributed by atoms with Crippen molar-refractivity contribution < 1.29 is 0 Å². The van der Waals surface area contributed by atoms with Crippen molar-refractivity contribution in [3.63, 3.8) is 0 Å². The Morgan fingerprint density at radius 1 is 1.00 bits per heavy atom. The minimum atomic E-state index is 0.601. The molecule has 0 aliphatic carbocycles. The molecule has 21 heavy (non-hydrogen) atoms. The number of aryl methyl sites for hydroxylation is 1. The van der Waals surface area contributed by atoms with E-state index in [2.05, 4.69) is 52.0 Å². The molecule has 0 fully saturated rings. The van der Waals surface area contributed by atoms with Gasteiger partial charge in [0.05, 0.1) is 5.69 Å². The van der Waals surface area contributed by atoms with Crippen LogP contribution in [0, 0.1) is 0 Å². The van der Waals surface area contributed by atoms with Crippen molar-refractivity contribution in [2.24, 2.45) is 0 Å². The van der Waals surface area contributed by atoms with Crippen LogP contribution in [0.15, 0.2) is 54.6 Å². The monoisotopic (exact) mass is 279 g/mol. The predicted octanol–water partition coefficient (Wildman–Crippen LogP) is 3.36. The molecule has 0 saturated heterocycles. The molecule has 3 aromatic rings. The average Bonchev–Trinajstić information content (AvgIpc) is 2.98. The van der Waals surface area contributed by atoms with Crippen LogP contribution in [0.4, 0.5) is 11.6 Å². The van der Waals surface area contributed by atoms with Crippen molar-refractivity contribution in [1.82, 2.24) is 20.2 Å². The zero-order chi connectivity index (χ0) is 14.5. The molecule has 0 aliphatic rings. The van der Waals surface area contributed by atoms with E-state index >= 15 is 0 Å². The summed E-state index contributed by atoms with van der Waals surface area (Å²) in [5.74, 6) is 0.601. The van der Waals surface area contributed by atoms with Gasteiger partial charge in [-0.3, -0.25) is 0 Å². The Bertz CT molecular complexity index is 688. The molecule has 1 heterocycles. The number of anilines is 2. The summed E-state index contributed by atoms with van der Waals surface area (Å²) in [6, 6.07) is 18.2. The van der Waals surface area contributed by atoms with Crippen molar-refractivity contribution in [2.45, 2.75) is 19.8 Å². The fraction of sp³-hybridized carbons (Fsp3) is 0.188. The molecule has 106 valence electrons. The zero-order valence-corrected chi connectivity index (χ0v) is 11.9. The molecule has 0 bridgehead atoms. The van der Waals surface area contributed by atoms with Crippen molar-refractivity contribution >= 4 is 11.6 Å². The molecule has 0 aliphatic heterocycles. The highest BCUT2D eigenvalue weighted by Gasteiger charge is 2.07. The molecule has 5 nitrogen and oxygen atoms in total. The minimum Gasteiger partial charge on any atom is -0.323 e. The first-order valence-corrected chi connectivity index (χ1v) is 7.06. The topological polar surface area (TPSA) is 55.6 Å². The molecule has 0 unspecified atom stereocenters. The third kappa shape index (κ3) is 3.08. The van der Waals surface area contributed by atoms with Gasteiger partial charge in [-0.25, -0.2) is 0 Å². The highest BCUT2D eigenvalue weighted by atomic mass is 15.6. The summed E-state index contributed by atoms with van der Waals surface area (Å²) in [6.07, 6.45) is 2.25. The lowest BCUT2D eigenvalue weighted by Crippen LogP contribution is -2.03. The maximum atomic E-state index is 4.04. The molecule has 1 N–H and O–H groups in total. The van der Waals surface area contributed by atoms with Crippen LogP contribution in [-0.4, -0.2) is 20.2 Å². The van der Waals surface area contributed by atoms with Gasteiger partial charge in [-0.05, 0) is 46.7 Å². The number of aromatic nitrogens is 4. The van der Waals surface area contributed by atoms with Crippen molar-refractivity contribution in [3.05, 3.63) is 60.2 Å². The standard InChI is InChI=1S/C16H17N5/c1-2-6-13-9-11-14(12-10-13)17-16-18-19-20-21(16)15-7-4-3-5-8-15/h3-5,7-12H,2,6H2,1H3,(H,17,18,20). The van der Waals surface area contributed by atoms with Crippen LogP contribution in [0.5, 0.6) is 0 Å². The van der Waals surface area contributed by atoms with Crippen LogP contribution in [0.25, 0.3) is 5.69 Å². The van der Waals surface area contributed by atoms with Gasteiger partial charge >= 0.3 is 0 Å². The SMILES string of the molecule is CCCc1ccc(Nc2nnnn2-c2ccccc2)cc1. The van der Waals surface area contributed by atoms with Gasteiger partial charge in [-0.15, -0.1) is 0 Å². The van der Waals surface area contributed by atoms with E-state index in [1.54, 1.807) is 4.68 Å². The number of hydrogen-bond acceptors (Lipinski definition) is 4. The number of nitrogens with one attached hydrogen (secondary N) is 1.